The van der Waals surface area contributed by atoms with Gasteiger partial charge >= 0.3 is 5.97 Å². The topological polar surface area (TPSA) is 89.6 Å². The number of Topliss-reactive ketones (excluding diaryl/α,β-unsaturated/α-hetero) is 1. The van der Waals surface area contributed by atoms with E-state index in [1.165, 1.54) is 0 Å². The molecule has 1 saturated heterocycles. The highest BCUT2D eigenvalue weighted by Gasteiger charge is 2.50. The van der Waals surface area contributed by atoms with Gasteiger partial charge in [-0.2, -0.15) is 0 Å². The lowest BCUT2D eigenvalue weighted by molar-refractivity contribution is -0.154. The zero-order valence-corrected chi connectivity index (χ0v) is 7.53. The first-order valence-corrected chi connectivity index (χ1v) is 4.36. The van der Waals surface area contributed by atoms with Crippen LogP contribution in [0.3, 0.4) is 0 Å². The summed E-state index contributed by atoms with van der Waals surface area (Å²) in [5, 5.41) is 9.47. The van der Waals surface area contributed by atoms with Crippen LogP contribution in [-0.4, -0.2) is 28.7 Å². The molecular weight excluding hydrogens is 186 g/mol. The second kappa shape index (κ2) is 2.65. The summed E-state index contributed by atoms with van der Waals surface area (Å²) in [7, 11) is 0. The van der Waals surface area contributed by atoms with E-state index in [0.717, 1.165) is 0 Å². The zero-order valence-electron chi connectivity index (χ0n) is 7.53. The fourth-order valence-corrected chi connectivity index (χ4v) is 1.91. The molecule has 3 N–H and O–H groups in total. The van der Waals surface area contributed by atoms with Crippen molar-refractivity contribution >= 4 is 11.8 Å². The van der Waals surface area contributed by atoms with Crippen LogP contribution in [-0.2, 0) is 14.3 Å². The lowest BCUT2D eigenvalue weighted by atomic mass is 9.79. The SMILES string of the molecule is C=C1C(=O)OC2C[C@](N)(O)C(=O)CC12. The number of ketones is 1. The molecule has 1 aliphatic carbocycles. The van der Waals surface area contributed by atoms with Gasteiger partial charge in [-0.25, -0.2) is 4.79 Å². The van der Waals surface area contributed by atoms with Crippen molar-refractivity contribution in [2.24, 2.45) is 11.7 Å². The molecule has 0 amide bonds. The van der Waals surface area contributed by atoms with Crippen molar-refractivity contribution in [1.29, 1.82) is 0 Å². The first-order chi connectivity index (χ1) is 6.42. The minimum Gasteiger partial charge on any atom is -0.458 e. The van der Waals surface area contributed by atoms with Crippen molar-refractivity contribution in [3.8, 4) is 0 Å². The lowest BCUT2D eigenvalue weighted by Crippen LogP contribution is -2.55. The molecule has 1 saturated carbocycles. The number of hydrogen-bond donors (Lipinski definition) is 2. The van der Waals surface area contributed by atoms with Gasteiger partial charge in [0.15, 0.2) is 11.5 Å². The molecule has 0 aromatic carbocycles. The van der Waals surface area contributed by atoms with Gasteiger partial charge in [0.25, 0.3) is 0 Å². The Morgan fingerprint density at radius 3 is 2.86 bits per heavy atom. The third-order valence-corrected chi connectivity index (χ3v) is 2.82. The van der Waals surface area contributed by atoms with E-state index in [2.05, 4.69) is 6.58 Å². The normalized spacial score (nSPS) is 42.3. The largest absolute Gasteiger partial charge is 0.458 e. The molecule has 5 nitrogen and oxygen atoms in total. The Bertz CT molecular complexity index is 334. The number of carbonyl (C=O) groups is 2. The van der Waals surface area contributed by atoms with Crippen LogP contribution in [0.25, 0.3) is 0 Å². The Hall–Kier alpha value is -1.20. The summed E-state index contributed by atoms with van der Waals surface area (Å²) in [4.78, 5) is 22.4. The maximum Gasteiger partial charge on any atom is 0.334 e. The number of rotatable bonds is 0. The Kier molecular flexibility index (Phi) is 1.77. The van der Waals surface area contributed by atoms with Gasteiger partial charge in [-0.3, -0.25) is 10.5 Å². The second-order valence-corrected chi connectivity index (χ2v) is 3.83. The van der Waals surface area contributed by atoms with Crippen molar-refractivity contribution in [3.63, 3.8) is 0 Å². The maximum atomic E-state index is 11.3. The van der Waals surface area contributed by atoms with Crippen LogP contribution in [0.5, 0.6) is 0 Å². The average molecular weight is 197 g/mol. The van der Waals surface area contributed by atoms with Gasteiger partial charge in [0.05, 0.1) is 0 Å². The van der Waals surface area contributed by atoms with E-state index in [1.807, 2.05) is 0 Å². The summed E-state index contributed by atoms with van der Waals surface area (Å²) < 4.78 is 4.93. The highest BCUT2D eigenvalue weighted by Crippen LogP contribution is 2.38. The van der Waals surface area contributed by atoms with Gasteiger partial charge in [0, 0.05) is 24.3 Å². The number of nitrogens with two attached hydrogens (primary N) is 1. The van der Waals surface area contributed by atoms with Gasteiger partial charge in [-0.1, -0.05) is 6.58 Å². The molecule has 2 fully saturated rings. The van der Waals surface area contributed by atoms with Gasteiger partial charge in [0.1, 0.15) is 6.10 Å². The maximum absolute atomic E-state index is 11.3. The van der Waals surface area contributed by atoms with Crippen molar-refractivity contribution in [3.05, 3.63) is 12.2 Å². The van der Waals surface area contributed by atoms with E-state index in [-0.39, 0.29) is 18.8 Å². The number of aliphatic hydroxyl groups is 1. The molecule has 0 bridgehead atoms. The fourth-order valence-electron chi connectivity index (χ4n) is 1.91. The summed E-state index contributed by atoms with van der Waals surface area (Å²) >= 11 is 0. The molecule has 0 aromatic rings. The minimum atomic E-state index is -1.86. The molecule has 1 aliphatic heterocycles. The lowest BCUT2D eigenvalue weighted by Gasteiger charge is -2.32. The predicted molar refractivity (Wildman–Crippen MR) is 45.9 cm³/mol. The van der Waals surface area contributed by atoms with Crippen molar-refractivity contribution in [1.82, 2.24) is 0 Å². The number of carbonyl (C=O) groups excluding carboxylic acids is 2. The average Bonchev–Trinajstić information content (AvgIpc) is 2.31. The van der Waals surface area contributed by atoms with Crippen LogP contribution < -0.4 is 5.73 Å². The number of fused-ring (bicyclic) bond motifs is 1. The van der Waals surface area contributed by atoms with Gasteiger partial charge in [0.2, 0.25) is 0 Å². The summed E-state index contributed by atoms with van der Waals surface area (Å²) in [6, 6.07) is 0. The van der Waals surface area contributed by atoms with Crippen LogP contribution in [0.15, 0.2) is 12.2 Å². The molecule has 1 heterocycles. The molecule has 0 radical (unpaired) electrons. The number of esters is 1. The summed E-state index contributed by atoms with van der Waals surface area (Å²) in [6.45, 7) is 3.55. The Morgan fingerprint density at radius 1 is 1.57 bits per heavy atom. The van der Waals surface area contributed by atoms with E-state index in [9.17, 15) is 14.7 Å². The van der Waals surface area contributed by atoms with Crippen LogP contribution in [0.2, 0.25) is 0 Å². The van der Waals surface area contributed by atoms with Crippen molar-refractivity contribution < 1.29 is 19.4 Å². The molecule has 14 heavy (non-hydrogen) atoms. The monoisotopic (exact) mass is 197 g/mol. The van der Waals surface area contributed by atoms with Crippen molar-refractivity contribution in [2.75, 3.05) is 0 Å². The van der Waals surface area contributed by atoms with E-state index >= 15 is 0 Å². The van der Waals surface area contributed by atoms with E-state index in [0.29, 0.717) is 5.57 Å². The highest BCUT2D eigenvalue weighted by atomic mass is 16.6. The first kappa shape index (κ1) is 9.36. The molecule has 2 rings (SSSR count). The quantitative estimate of drug-likeness (QED) is 0.298. The Balaban J connectivity index is 2.26. The number of hydrogen-bond acceptors (Lipinski definition) is 5. The molecule has 0 aromatic heterocycles. The molecular formula is C9H11NO4. The van der Waals surface area contributed by atoms with Gasteiger partial charge in [-0.15, -0.1) is 0 Å². The third-order valence-electron chi connectivity index (χ3n) is 2.82. The van der Waals surface area contributed by atoms with Crippen LogP contribution in [0.1, 0.15) is 12.8 Å². The standard InChI is InChI=1S/C9H11NO4/c1-4-5-2-7(11)9(10,13)3-6(5)14-8(4)12/h5-6,13H,1-3,10H2/t5?,6?,9-/m0/s1. The van der Waals surface area contributed by atoms with E-state index < -0.39 is 23.6 Å². The second-order valence-electron chi connectivity index (χ2n) is 3.83. The summed E-state index contributed by atoms with van der Waals surface area (Å²) in [5.74, 6) is -1.26. The third kappa shape index (κ3) is 1.17. The first-order valence-electron chi connectivity index (χ1n) is 4.36. The van der Waals surface area contributed by atoms with Crippen LogP contribution in [0, 0.1) is 5.92 Å². The number of ether oxygens (including phenoxy) is 1. The van der Waals surface area contributed by atoms with Gasteiger partial charge < -0.3 is 9.84 Å². The van der Waals surface area contributed by atoms with E-state index in [4.69, 9.17) is 10.5 Å². The molecule has 3 atom stereocenters. The fraction of sp³-hybridized carbons (Fsp3) is 0.556. The summed E-state index contributed by atoms with van der Waals surface area (Å²) in [6.07, 6.45) is -0.508. The molecule has 2 aliphatic rings. The Labute approximate surface area is 80.5 Å². The highest BCUT2D eigenvalue weighted by molar-refractivity contribution is 5.95. The van der Waals surface area contributed by atoms with E-state index in [1.54, 1.807) is 0 Å². The Morgan fingerprint density at radius 2 is 2.21 bits per heavy atom. The molecule has 76 valence electrons. The molecule has 2 unspecified atom stereocenters. The van der Waals surface area contributed by atoms with Crippen molar-refractivity contribution in [2.45, 2.75) is 24.7 Å². The summed E-state index contributed by atoms with van der Waals surface area (Å²) in [5.41, 5.74) is 3.80. The van der Waals surface area contributed by atoms with Crippen LogP contribution >= 0.6 is 0 Å². The zero-order chi connectivity index (χ0) is 10.5. The van der Waals surface area contributed by atoms with Crippen LogP contribution in [0.4, 0.5) is 0 Å². The van der Waals surface area contributed by atoms with Gasteiger partial charge in [-0.05, 0) is 0 Å². The smallest absolute Gasteiger partial charge is 0.334 e. The molecule has 0 spiro atoms. The molecule has 5 heteroatoms. The minimum absolute atomic E-state index is 0.0300. The predicted octanol–water partition coefficient (Wildman–Crippen LogP) is -0.906.